The van der Waals surface area contributed by atoms with Gasteiger partial charge in [-0.3, -0.25) is 14.4 Å². The van der Waals surface area contributed by atoms with Gasteiger partial charge < -0.3 is 77.8 Å². The third-order valence-electron chi connectivity index (χ3n) is 15.7. The van der Waals surface area contributed by atoms with Crippen molar-refractivity contribution in [1.82, 2.24) is 10.6 Å². The first-order valence-electron chi connectivity index (χ1n) is 27.9. The first kappa shape index (κ1) is 64.9. The fourth-order valence-electron chi connectivity index (χ4n) is 11.5. The van der Waals surface area contributed by atoms with Crippen LogP contribution in [0, 0.1) is 41.4 Å². The van der Waals surface area contributed by atoms with E-state index < -0.39 is 145 Å². The second-order valence-corrected chi connectivity index (χ2v) is 23.0. The summed E-state index contributed by atoms with van der Waals surface area (Å²) in [6.45, 7) is 23.8. The van der Waals surface area contributed by atoms with Gasteiger partial charge in [0.1, 0.15) is 43.7 Å². The highest BCUT2D eigenvalue weighted by molar-refractivity contribution is 5.91. The Balaban J connectivity index is 1.69. The lowest BCUT2D eigenvalue weighted by atomic mass is 9.74. The first-order valence-corrected chi connectivity index (χ1v) is 27.9. The van der Waals surface area contributed by atoms with Crippen molar-refractivity contribution >= 4 is 29.5 Å². The third-order valence-corrected chi connectivity index (χ3v) is 15.7. The number of benzene rings is 1. The molecule has 1 aromatic rings. The molecule has 0 bridgehead atoms. The summed E-state index contributed by atoms with van der Waals surface area (Å²) in [5.74, 6) is -7.37. The van der Waals surface area contributed by atoms with Gasteiger partial charge in [0.2, 0.25) is 0 Å². The van der Waals surface area contributed by atoms with Crippen molar-refractivity contribution in [3.05, 3.63) is 35.9 Å². The molecule has 21 nitrogen and oxygen atoms in total. The minimum Gasteiger partial charge on any atom is -0.461 e. The van der Waals surface area contributed by atoms with E-state index in [2.05, 4.69) is 15.8 Å². The number of hydrogen-bond donors (Lipinski definition) is 4. The van der Waals surface area contributed by atoms with E-state index in [1.807, 2.05) is 78.8 Å². The van der Waals surface area contributed by atoms with Crippen molar-refractivity contribution in [3.63, 3.8) is 0 Å². The van der Waals surface area contributed by atoms with Gasteiger partial charge in [-0.15, -0.1) is 0 Å². The number of Topliss-reactive ketones (excluding diaryl/α,β-unsaturated/α-hetero) is 1. The number of rotatable bonds is 17. The number of amides is 1. The number of alkyl carbamates (subject to hydrolysis) is 1. The predicted octanol–water partition coefficient (Wildman–Crippen LogP) is 5.86. The zero-order valence-corrected chi connectivity index (χ0v) is 48.9. The van der Waals surface area contributed by atoms with Crippen molar-refractivity contribution in [2.45, 2.75) is 220 Å². The predicted molar refractivity (Wildman–Crippen MR) is 285 cm³/mol. The maximum atomic E-state index is 15.8. The maximum absolute atomic E-state index is 15.8. The molecule has 0 radical (unpaired) electrons. The summed E-state index contributed by atoms with van der Waals surface area (Å²) in [4.78, 5) is 64.4. The normalized spacial score (nSPS) is 39.6. The van der Waals surface area contributed by atoms with Crippen LogP contribution in [0.2, 0.25) is 0 Å². The number of cyclic esters (lactones) is 1. The van der Waals surface area contributed by atoms with E-state index in [0.717, 1.165) is 5.56 Å². The number of aliphatic hydroxyl groups excluding tert-OH is 2. The minimum absolute atomic E-state index is 0.00946. The number of ketones is 1. The number of nitrogens with one attached hydrogen (secondary N) is 2. The summed E-state index contributed by atoms with van der Waals surface area (Å²) in [5, 5.41) is 33.1. The molecule has 444 valence electrons. The molecule has 4 heterocycles. The van der Waals surface area contributed by atoms with Gasteiger partial charge in [-0.2, -0.15) is 0 Å². The first-order chi connectivity index (χ1) is 36.8. The molecule has 4 aliphatic heterocycles. The molecule has 4 saturated heterocycles. The zero-order valence-electron chi connectivity index (χ0n) is 48.9. The highest BCUT2D eigenvalue weighted by atomic mass is 16.7. The van der Waals surface area contributed by atoms with Crippen molar-refractivity contribution in [2.24, 2.45) is 46.6 Å². The Labute approximate surface area is 462 Å². The SMILES string of the molecule is CON=C1C[C@@H](C)O[C@@H](OC2C(C)CC(C)(OC(=O)NCc3ccccc3)C(=O)C(C)C(OC(=O)CC(C)C)C(C)C(C(C)CO[C@@H]3O[C@H](C)[C@@H](O)[C@@H](OC)[C@H]3OC)OC(=O)C(C)C(O[C@H]3C[C@H](C)NC[C@H](C)O3)C2C)[C@@H]1O. The molecule has 1 aromatic carbocycles. The van der Waals surface area contributed by atoms with Gasteiger partial charge in [-0.1, -0.05) is 84.0 Å². The van der Waals surface area contributed by atoms with Gasteiger partial charge in [0.05, 0.1) is 54.7 Å². The van der Waals surface area contributed by atoms with Gasteiger partial charge in [-0.25, -0.2) is 4.79 Å². The Morgan fingerprint density at radius 1 is 0.821 bits per heavy atom. The number of carbonyl (C=O) groups is 4. The molecule has 11 unspecified atom stereocenters. The molecule has 4 fully saturated rings. The standard InChI is InChI=1S/C57H93N3O18/c1-29(2)22-42(61)74-48-36(9)47(31(4)28-70-55-51(68-15)50(67-14)44(62)39(12)73-55)76-53(65)38(11)49(75-43-23-32(5)58-26-34(7)71-43)35(8)46(77-54-45(63)41(60-69-16)24-33(6)72-54)30(3)25-57(13,52(64)37(48)10)78-56(66)59-27-40-20-18-17-19-21-40/h17-21,29-39,43-51,54-55,58,62-63H,22-28H2,1-16H3,(H,59,66)/t30?,31?,32-,33+,34-,35?,36?,37?,38?,39+,43-,44+,45+,46?,47?,48?,49?,50+,51+,54-,55+,57?/m0/s1. The maximum Gasteiger partial charge on any atom is 0.408 e. The fourth-order valence-corrected chi connectivity index (χ4v) is 11.5. The van der Waals surface area contributed by atoms with Gasteiger partial charge in [0, 0.05) is 70.4 Å². The van der Waals surface area contributed by atoms with Crippen LogP contribution in [0.5, 0.6) is 0 Å². The van der Waals surface area contributed by atoms with Gasteiger partial charge in [0.25, 0.3) is 0 Å². The topological polar surface area (TPSA) is 256 Å². The second-order valence-electron chi connectivity index (χ2n) is 23.0. The minimum atomic E-state index is -1.95. The second kappa shape index (κ2) is 29.7. The van der Waals surface area contributed by atoms with E-state index in [4.69, 9.17) is 56.9 Å². The summed E-state index contributed by atoms with van der Waals surface area (Å²) in [6, 6.07) is 9.19. The number of esters is 2. The molecule has 22 atom stereocenters. The molecule has 4 aliphatic rings. The van der Waals surface area contributed by atoms with Crippen LogP contribution < -0.4 is 10.6 Å². The zero-order chi connectivity index (χ0) is 57.8. The molecule has 0 saturated carbocycles. The van der Waals surface area contributed by atoms with Crippen LogP contribution in [0.1, 0.15) is 121 Å². The van der Waals surface area contributed by atoms with Crippen LogP contribution in [-0.2, 0) is 77.9 Å². The average Bonchev–Trinajstić information content (AvgIpc) is 3.58. The Kier molecular flexibility index (Phi) is 24.8. The van der Waals surface area contributed by atoms with Crippen molar-refractivity contribution < 1.29 is 86.3 Å². The fraction of sp³-hybridized carbons (Fsp3) is 0.807. The van der Waals surface area contributed by atoms with Crippen LogP contribution in [0.4, 0.5) is 4.79 Å². The summed E-state index contributed by atoms with van der Waals surface area (Å²) >= 11 is 0. The van der Waals surface area contributed by atoms with E-state index in [0.29, 0.717) is 13.0 Å². The van der Waals surface area contributed by atoms with E-state index in [1.165, 1.54) is 28.3 Å². The molecular formula is C57H93N3O18. The monoisotopic (exact) mass is 1110 g/mol. The molecule has 0 aliphatic carbocycles. The molecule has 78 heavy (non-hydrogen) atoms. The van der Waals surface area contributed by atoms with Gasteiger partial charge >= 0.3 is 18.0 Å². The van der Waals surface area contributed by atoms with Gasteiger partial charge in [0.15, 0.2) is 30.3 Å². The van der Waals surface area contributed by atoms with Crippen LogP contribution >= 0.6 is 0 Å². The number of methoxy groups -OCH3 is 2. The molecule has 5 rings (SSSR count). The number of aliphatic hydroxyl groups is 2. The van der Waals surface area contributed by atoms with E-state index >= 15 is 9.59 Å². The lowest BCUT2D eigenvalue weighted by Crippen LogP contribution is -2.59. The molecule has 21 heteroatoms. The van der Waals surface area contributed by atoms with Crippen LogP contribution in [0.25, 0.3) is 0 Å². The summed E-state index contributed by atoms with van der Waals surface area (Å²) in [6.07, 6.45) is -13.5. The van der Waals surface area contributed by atoms with E-state index in [9.17, 15) is 19.8 Å². The third kappa shape index (κ3) is 17.1. The van der Waals surface area contributed by atoms with E-state index in [-0.39, 0.29) is 56.2 Å². The largest absolute Gasteiger partial charge is 0.461 e. The Morgan fingerprint density at radius 3 is 2.14 bits per heavy atom. The van der Waals surface area contributed by atoms with Crippen LogP contribution in [0.3, 0.4) is 0 Å². The number of hydrogen-bond acceptors (Lipinski definition) is 20. The van der Waals surface area contributed by atoms with Gasteiger partial charge in [-0.05, 0) is 65.4 Å². The highest BCUT2D eigenvalue weighted by Gasteiger charge is 2.52. The van der Waals surface area contributed by atoms with Crippen molar-refractivity contribution in [3.8, 4) is 0 Å². The summed E-state index contributed by atoms with van der Waals surface area (Å²) in [5.41, 5.74) is -0.874. The number of ether oxygens (including phenoxy) is 11. The highest BCUT2D eigenvalue weighted by Crippen LogP contribution is 2.40. The Hall–Kier alpha value is -3.87. The molecule has 1 amide bonds. The van der Waals surface area contributed by atoms with Crippen LogP contribution in [-0.4, -0.2) is 172 Å². The molecular weight excluding hydrogens is 1010 g/mol. The molecule has 0 aromatic heterocycles. The van der Waals surface area contributed by atoms with Crippen LogP contribution in [0.15, 0.2) is 35.5 Å². The lowest BCUT2D eigenvalue weighted by molar-refractivity contribution is -0.305. The lowest BCUT2D eigenvalue weighted by Gasteiger charge is -2.45. The summed E-state index contributed by atoms with van der Waals surface area (Å²) in [7, 11) is 4.29. The van der Waals surface area contributed by atoms with E-state index in [1.54, 1.807) is 34.6 Å². The summed E-state index contributed by atoms with van der Waals surface area (Å²) < 4.78 is 70.1. The Morgan fingerprint density at radius 2 is 1.50 bits per heavy atom. The smallest absolute Gasteiger partial charge is 0.408 e. The number of nitrogens with zero attached hydrogens (tertiary/aromatic N) is 1. The average molecular weight is 1110 g/mol. The van der Waals surface area contributed by atoms with Crippen molar-refractivity contribution in [2.75, 3.05) is 34.5 Å². The molecule has 4 N–H and O–H groups in total. The molecule has 0 spiro atoms. The number of carbonyl (C=O) groups excluding carboxylic acids is 4. The quantitative estimate of drug-likeness (QED) is 0.0809. The van der Waals surface area contributed by atoms with Crippen molar-refractivity contribution in [1.29, 1.82) is 0 Å². The number of oxime groups is 1. The Bertz CT molecular complexity index is 2070.